The molecule has 2 heterocycles. The highest BCUT2D eigenvalue weighted by Crippen LogP contribution is 2.27. The molecule has 142 valence electrons. The van der Waals surface area contributed by atoms with Crippen LogP contribution in [0.1, 0.15) is 24.9 Å². The maximum absolute atomic E-state index is 6.05. The van der Waals surface area contributed by atoms with Gasteiger partial charge in [0.15, 0.2) is 5.96 Å². The zero-order valence-electron chi connectivity index (χ0n) is 15.3. The Balaban J connectivity index is 0.00000243. The van der Waals surface area contributed by atoms with E-state index in [1.54, 1.807) is 0 Å². The van der Waals surface area contributed by atoms with Crippen molar-refractivity contribution in [3.63, 3.8) is 0 Å². The second-order valence-corrected chi connectivity index (χ2v) is 7.08. The van der Waals surface area contributed by atoms with Crippen molar-refractivity contribution in [2.45, 2.75) is 25.8 Å². The molecule has 0 bridgehead atoms. The Hall–Kier alpha value is -1.28. The third kappa shape index (κ3) is 5.36. The van der Waals surface area contributed by atoms with Crippen LogP contribution in [0.4, 0.5) is 0 Å². The fourth-order valence-corrected chi connectivity index (χ4v) is 3.65. The van der Waals surface area contributed by atoms with E-state index in [2.05, 4.69) is 43.9 Å². The number of aliphatic imine (C=N–C) groups is 1. The predicted octanol–water partition coefficient (Wildman–Crippen LogP) is 3.86. The summed E-state index contributed by atoms with van der Waals surface area (Å²) < 4.78 is 2.22. The molecule has 1 fully saturated rings. The molecule has 2 atom stereocenters. The highest BCUT2D eigenvalue weighted by atomic mass is 127. The van der Waals surface area contributed by atoms with Gasteiger partial charge in [-0.2, -0.15) is 0 Å². The molecule has 26 heavy (non-hydrogen) atoms. The average molecular weight is 488 g/mol. The van der Waals surface area contributed by atoms with E-state index in [1.807, 2.05) is 37.8 Å². The molecule has 0 saturated carbocycles. The SMILES string of the molecule is CN=C(NCCc1cccc(Cl)c1)N1CCC(C)C(n2ccnc2)C1.I. The van der Waals surface area contributed by atoms with Crippen molar-refractivity contribution >= 4 is 41.5 Å². The normalized spacial score (nSPS) is 20.6. The first-order valence-electron chi connectivity index (χ1n) is 8.85. The van der Waals surface area contributed by atoms with Gasteiger partial charge in [0.25, 0.3) is 0 Å². The Bertz CT molecular complexity index is 704. The molecular weight excluding hydrogens is 461 g/mol. The number of aromatic nitrogens is 2. The largest absolute Gasteiger partial charge is 0.356 e. The van der Waals surface area contributed by atoms with Crippen LogP contribution >= 0.6 is 35.6 Å². The van der Waals surface area contributed by atoms with Crippen LogP contribution in [0.25, 0.3) is 0 Å². The lowest BCUT2D eigenvalue weighted by Gasteiger charge is -2.39. The van der Waals surface area contributed by atoms with Crippen LogP contribution in [0.3, 0.4) is 0 Å². The Morgan fingerprint density at radius 2 is 2.27 bits per heavy atom. The Morgan fingerprint density at radius 3 is 2.96 bits per heavy atom. The minimum absolute atomic E-state index is 0. The van der Waals surface area contributed by atoms with Crippen molar-refractivity contribution in [1.82, 2.24) is 19.8 Å². The van der Waals surface area contributed by atoms with Crippen molar-refractivity contribution in [3.05, 3.63) is 53.6 Å². The Labute approximate surface area is 177 Å². The summed E-state index contributed by atoms with van der Waals surface area (Å²) >= 11 is 6.05. The Morgan fingerprint density at radius 1 is 1.42 bits per heavy atom. The van der Waals surface area contributed by atoms with Gasteiger partial charge >= 0.3 is 0 Å². The summed E-state index contributed by atoms with van der Waals surface area (Å²) in [6, 6.07) is 8.46. The van der Waals surface area contributed by atoms with Gasteiger partial charge in [0, 0.05) is 44.1 Å². The van der Waals surface area contributed by atoms with Crippen LogP contribution in [-0.2, 0) is 6.42 Å². The first-order valence-corrected chi connectivity index (χ1v) is 9.22. The van der Waals surface area contributed by atoms with E-state index in [0.29, 0.717) is 12.0 Å². The fraction of sp³-hybridized carbons (Fsp3) is 0.474. The van der Waals surface area contributed by atoms with Gasteiger partial charge < -0.3 is 14.8 Å². The number of guanidine groups is 1. The molecule has 2 aromatic rings. The minimum Gasteiger partial charge on any atom is -0.356 e. The topological polar surface area (TPSA) is 45.5 Å². The lowest BCUT2D eigenvalue weighted by atomic mass is 9.93. The first kappa shape index (κ1) is 21.0. The molecule has 1 aliphatic heterocycles. The lowest BCUT2D eigenvalue weighted by molar-refractivity contribution is 0.189. The third-order valence-corrected chi connectivity index (χ3v) is 5.16. The van der Waals surface area contributed by atoms with Crippen molar-refractivity contribution in [2.75, 3.05) is 26.7 Å². The van der Waals surface area contributed by atoms with Crippen LogP contribution in [0.5, 0.6) is 0 Å². The second kappa shape index (κ2) is 10.2. The van der Waals surface area contributed by atoms with E-state index in [1.165, 1.54) is 5.56 Å². The van der Waals surface area contributed by atoms with Gasteiger partial charge in [-0.05, 0) is 36.5 Å². The molecule has 0 amide bonds. The molecule has 1 aliphatic rings. The number of nitrogens with one attached hydrogen (secondary N) is 1. The predicted molar refractivity (Wildman–Crippen MR) is 119 cm³/mol. The summed E-state index contributed by atoms with van der Waals surface area (Å²) in [6.07, 6.45) is 7.90. The van der Waals surface area contributed by atoms with Crippen LogP contribution in [0, 0.1) is 5.92 Å². The van der Waals surface area contributed by atoms with E-state index >= 15 is 0 Å². The van der Waals surface area contributed by atoms with Crippen LogP contribution in [0.15, 0.2) is 48.0 Å². The van der Waals surface area contributed by atoms with Crippen LogP contribution < -0.4 is 5.32 Å². The summed E-state index contributed by atoms with van der Waals surface area (Å²) in [7, 11) is 1.85. The van der Waals surface area contributed by atoms with Gasteiger partial charge in [-0.1, -0.05) is 30.7 Å². The third-order valence-electron chi connectivity index (χ3n) is 4.92. The zero-order chi connectivity index (χ0) is 17.6. The van der Waals surface area contributed by atoms with Crippen molar-refractivity contribution < 1.29 is 0 Å². The highest BCUT2D eigenvalue weighted by Gasteiger charge is 2.28. The van der Waals surface area contributed by atoms with Gasteiger partial charge in [0.2, 0.25) is 0 Å². The fourth-order valence-electron chi connectivity index (χ4n) is 3.44. The van der Waals surface area contributed by atoms with E-state index in [9.17, 15) is 0 Å². The average Bonchev–Trinajstić information content (AvgIpc) is 3.14. The molecule has 3 rings (SSSR count). The quantitative estimate of drug-likeness (QED) is 0.405. The molecule has 5 nitrogen and oxygen atoms in total. The number of rotatable bonds is 4. The lowest BCUT2D eigenvalue weighted by Crippen LogP contribution is -2.49. The molecule has 1 saturated heterocycles. The smallest absolute Gasteiger partial charge is 0.193 e. The number of benzene rings is 1. The summed E-state index contributed by atoms with van der Waals surface area (Å²) in [4.78, 5) is 11.0. The zero-order valence-corrected chi connectivity index (χ0v) is 18.4. The van der Waals surface area contributed by atoms with E-state index in [-0.39, 0.29) is 24.0 Å². The van der Waals surface area contributed by atoms with Crippen molar-refractivity contribution in [2.24, 2.45) is 10.9 Å². The summed E-state index contributed by atoms with van der Waals surface area (Å²) in [5, 5.41) is 4.28. The minimum atomic E-state index is 0. The summed E-state index contributed by atoms with van der Waals surface area (Å²) in [5.74, 6) is 1.61. The Kier molecular flexibility index (Phi) is 8.21. The maximum Gasteiger partial charge on any atom is 0.193 e. The number of imidazole rings is 1. The number of likely N-dealkylation sites (tertiary alicyclic amines) is 1. The second-order valence-electron chi connectivity index (χ2n) is 6.64. The summed E-state index contributed by atoms with van der Waals surface area (Å²) in [6.45, 7) is 5.14. The number of hydrogen-bond donors (Lipinski definition) is 1. The van der Waals surface area contributed by atoms with Gasteiger partial charge in [0.1, 0.15) is 0 Å². The number of hydrogen-bond acceptors (Lipinski definition) is 2. The monoisotopic (exact) mass is 487 g/mol. The van der Waals surface area contributed by atoms with Crippen molar-refractivity contribution in [1.29, 1.82) is 0 Å². The molecule has 1 N–H and O–H groups in total. The van der Waals surface area contributed by atoms with E-state index < -0.39 is 0 Å². The van der Waals surface area contributed by atoms with Crippen LogP contribution in [-0.4, -0.2) is 47.1 Å². The number of halogens is 2. The van der Waals surface area contributed by atoms with Gasteiger partial charge in [0.05, 0.1) is 12.4 Å². The van der Waals surface area contributed by atoms with E-state index in [0.717, 1.165) is 43.5 Å². The van der Waals surface area contributed by atoms with Crippen molar-refractivity contribution in [3.8, 4) is 0 Å². The number of piperidine rings is 1. The van der Waals surface area contributed by atoms with Gasteiger partial charge in [-0.25, -0.2) is 4.98 Å². The molecule has 0 radical (unpaired) electrons. The highest BCUT2D eigenvalue weighted by molar-refractivity contribution is 14.0. The maximum atomic E-state index is 6.05. The van der Waals surface area contributed by atoms with Gasteiger partial charge in [-0.3, -0.25) is 4.99 Å². The van der Waals surface area contributed by atoms with Crippen LogP contribution in [0.2, 0.25) is 5.02 Å². The molecule has 0 spiro atoms. The first-order chi connectivity index (χ1) is 12.2. The molecule has 1 aromatic heterocycles. The molecule has 2 unspecified atom stereocenters. The van der Waals surface area contributed by atoms with Gasteiger partial charge in [-0.15, -0.1) is 24.0 Å². The molecule has 0 aliphatic carbocycles. The van der Waals surface area contributed by atoms with E-state index in [4.69, 9.17) is 11.6 Å². The molecular formula is C19H27ClIN5. The summed E-state index contributed by atoms with van der Waals surface area (Å²) in [5.41, 5.74) is 1.24. The standard InChI is InChI=1S/C19H26ClN5.HI/c1-15-7-10-24(13-18(15)25-11-9-22-14-25)19(21-2)23-8-6-16-4-3-5-17(20)12-16;/h3-5,9,11-12,14-15,18H,6-8,10,13H2,1-2H3,(H,21,23);1H. The number of nitrogens with zero attached hydrogens (tertiary/aromatic N) is 4. The molecule has 1 aromatic carbocycles. The molecule has 7 heteroatoms.